The molecule has 0 aliphatic carbocycles. The van der Waals surface area contributed by atoms with Crippen LogP contribution in [0.4, 0.5) is 4.79 Å². The number of Topliss-reactive ketones (excluding diaryl/α,β-unsaturated/α-hetero) is 2. The standard InChI is InChI=1S/C23H34N2O5/c1-14(2)12-19(17(6)26)24-22(28)16(5)21(27)20(15(3)4)25-23(29)30-13-18-10-8-7-9-11-18/h7-11,14-16,19-20H,12-13H2,1-6H3,(H,24,28)(H,25,29)/t16?,19-,20+/m1/s1. The minimum Gasteiger partial charge on any atom is -0.445 e. The normalized spacial score (nSPS) is 14.0. The summed E-state index contributed by atoms with van der Waals surface area (Å²) in [5, 5.41) is 5.24. The van der Waals surface area contributed by atoms with Gasteiger partial charge in [-0.2, -0.15) is 0 Å². The topological polar surface area (TPSA) is 102 Å². The summed E-state index contributed by atoms with van der Waals surface area (Å²) in [6.07, 6.45) is -0.223. The van der Waals surface area contributed by atoms with Crippen molar-refractivity contribution in [2.24, 2.45) is 17.8 Å². The molecule has 0 aliphatic rings. The molecule has 7 nitrogen and oxygen atoms in total. The Morgan fingerprint density at radius 1 is 0.933 bits per heavy atom. The summed E-state index contributed by atoms with van der Waals surface area (Å²) in [7, 11) is 0. The zero-order chi connectivity index (χ0) is 22.8. The van der Waals surface area contributed by atoms with Crippen molar-refractivity contribution in [1.29, 1.82) is 0 Å². The number of ether oxygens (including phenoxy) is 1. The minimum absolute atomic E-state index is 0.0806. The van der Waals surface area contributed by atoms with Crippen LogP contribution in [0.5, 0.6) is 0 Å². The highest BCUT2D eigenvalue weighted by atomic mass is 16.5. The first kappa shape index (κ1) is 25.3. The Kier molecular flexibility index (Phi) is 10.2. The predicted molar refractivity (Wildman–Crippen MR) is 115 cm³/mol. The third kappa shape index (κ3) is 8.35. The Bertz CT molecular complexity index is 730. The van der Waals surface area contributed by atoms with Gasteiger partial charge in [-0.15, -0.1) is 0 Å². The molecule has 0 heterocycles. The average molecular weight is 419 g/mol. The zero-order valence-corrected chi connectivity index (χ0v) is 18.7. The maximum absolute atomic E-state index is 12.9. The molecule has 0 aromatic heterocycles. The lowest BCUT2D eigenvalue weighted by atomic mass is 9.91. The van der Waals surface area contributed by atoms with Gasteiger partial charge in [-0.3, -0.25) is 14.4 Å². The number of amides is 2. The molecule has 30 heavy (non-hydrogen) atoms. The van der Waals surface area contributed by atoms with E-state index < -0.39 is 35.8 Å². The fourth-order valence-electron chi connectivity index (χ4n) is 2.95. The van der Waals surface area contributed by atoms with Gasteiger partial charge >= 0.3 is 6.09 Å². The summed E-state index contributed by atoms with van der Waals surface area (Å²) >= 11 is 0. The lowest BCUT2D eigenvalue weighted by Gasteiger charge is -2.25. The van der Waals surface area contributed by atoms with E-state index in [1.807, 2.05) is 44.2 Å². The molecular weight excluding hydrogens is 384 g/mol. The van der Waals surface area contributed by atoms with Gasteiger partial charge < -0.3 is 15.4 Å². The first-order valence-corrected chi connectivity index (χ1v) is 10.3. The summed E-state index contributed by atoms with van der Waals surface area (Å²) in [4.78, 5) is 49.5. The highest BCUT2D eigenvalue weighted by Crippen LogP contribution is 2.13. The molecule has 1 aromatic carbocycles. The number of benzene rings is 1. The maximum atomic E-state index is 12.9. The van der Waals surface area contributed by atoms with Crippen LogP contribution in [-0.2, 0) is 25.7 Å². The van der Waals surface area contributed by atoms with Crippen LogP contribution in [0.15, 0.2) is 30.3 Å². The molecular formula is C23H34N2O5. The van der Waals surface area contributed by atoms with E-state index in [0.29, 0.717) is 6.42 Å². The third-order valence-electron chi connectivity index (χ3n) is 4.79. The van der Waals surface area contributed by atoms with Gasteiger partial charge in [0.15, 0.2) is 11.6 Å². The van der Waals surface area contributed by atoms with Gasteiger partial charge in [0.25, 0.3) is 0 Å². The molecule has 3 atom stereocenters. The monoisotopic (exact) mass is 418 g/mol. The summed E-state index contributed by atoms with van der Waals surface area (Å²) in [6, 6.07) is 7.68. The van der Waals surface area contributed by atoms with Gasteiger partial charge in [0, 0.05) is 0 Å². The smallest absolute Gasteiger partial charge is 0.408 e. The van der Waals surface area contributed by atoms with Crippen LogP contribution in [-0.4, -0.2) is 35.7 Å². The van der Waals surface area contributed by atoms with Crippen molar-refractivity contribution in [2.75, 3.05) is 0 Å². The molecule has 0 saturated heterocycles. The van der Waals surface area contributed by atoms with Crippen molar-refractivity contribution in [3.8, 4) is 0 Å². The fraction of sp³-hybridized carbons (Fsp3) is 0.565. The van der Waals surface area contributed by atoms with Crippen LogP contribution in [0, 0.1) is 17.8 Å². The van der Waals surface area contributed by atoms with E-state index >= 15 is 0 Å². The lowest BCUT2D eigenvalue weighted by molar-refractivity contribution is -0.137. The van der Waals surface area contributed by atoms with Gasteiger partial charge in [0.2, 0.25) is 5.91 Å². The van der Waals surface area contributed by atoms with Crippen LogP contribution in [0.1, 0.15) is 53.5 Å². The predicted octanol–water partition coefficient (Wildman–Crippen LogP) is 3.26. The fourth-order valence-corrected chi connectivity index (χ4v) is 2.95. The molecule has 0 fully saturated rings. The Morgan fingerprint density at radius 2 is 1.53 bits per heavy atom. The van der Waals surface area contributed by atoms with Crippen LogP contribution < -0.4 is 10.6 Å². The van der Waals surface area contributed by atoms with Crippen LogP contribution >= 0.6 is 0 Å². The SMILES string of the molecule is CC(=O)[C@@H](CC(C)C)NC(=O)C(C)C(=O)[C@@H](NC(=O)OCc1ccccc1)C(C)C. The highest BCUT2D eigenvalue weighted by Gasteiger charge is 2.33. The number of hydrogen-bond donors (Lipinski definition) is 2. The molecule has 166 valence electrons. The molecule has 0 radical (unpaired) electrons. The molecule has 1 rings (SSSR count). The maximum Gasteiger partial charge on any atom is 0.408 e. The van der Waals surface area contributed by atoms with Gasteiger partial charge in [-0.1, -0.05) is 58.0 Å². The second-order valence-electron chi connectivity index (χ2n) is 8.35. The second-order valence-corrected chi connectivity index (χ2v) is 8.35. The molecule has 2 amide bonds. The lowest BCUT2D eigenvalue weighted by Crippen LogP contribution is -2.51. The zero-order valence-electron chi connectivity index (χ0n) is 18.7. The molecule has 1 unspecified atom stereocenters. The van der Waals surface area contributed by atoms with Gasteiger partial charge in [0.05, 0.1) is 18.0 Å². The summed E-state index contributed by atoms with van der Waals surface area (Å²) in [5.41, 5.74) is 0.827. The van der Waals surface area contributed by atoms with Crippen molar-refractivity contribution in [1.82, 2.24) is 10.6 Å². The van der Waals surface area contributed by atoms with Crippen LogP contribution in [0.3, 0.4) is 0 Å². The van der Waals surface area contributed by atoms with Gasteiger partial charge in [-0.25, -0.2) is 4.79 Å². The molecule has 1 aromatic rings. The van der Waals surface area contributed by atoms with E-state index in [1.165, 1.54) is 13.8 Å². The summed E-state index contributed by atoms with van der Waals surface area (Å²) < 4.78 is 5.19. The number of alkyl carbamates (subject to hydrolysis) is 1. The number of carbonyl (C=O) groups is 4. The van der Waals surface area contributed by atoms with E-state index in [1.54, 1.807) is 13.8 Å². The van der Waals surface area contributed by atoms with E-state index in [-0.39, 0.29) is 24.2 Å². The molecule has 7 heteroatoms. The van der Waals surface area contributed by atoms with E-state index in [9.17, 15) is 19.2 Å². The van der Waals surface area contributed by atoms with Crippen molar-refractivity contribution < 1.29 is 23.9 Å². The van der Waals surface area contributed by atoms with Gasteiger partial charge in [0.1, 0.15) is 6.61 Å². The molecule has 0 saturated carbocycles. The molecule has 0 spiro atoms. The first-order valence-electron chi connectivity index (χ1n) is 10.3. The van der Waals surface area contributed by atoms with Crippen LogP contribution in [0.25, 0.3) is 0 Å². The van der Waals surface area contributed by atoms with E-state index in [4.69, 9.17) is 4.74 Å². The van der Waals surface area contributed by atoms with Crippen LogP contribution in [0.2, 0.25) is 0 Å². The number of carbonyl (C=O) groups excluding carboxylic acids is 4. The quantitative estimate of drug-likeness (QED) is 0.537. The third-order valence-corrected chi connectivity index (χ3v) is 4.79. The van der Waals surface area contributed by atoms with Gasteiger partial charge in [-0.05, 0) is 37.7 Å². The molecule has 0 bridgehead atoms. The highest BCUT2D eigenvalue weighted by molar-refractivity contribution is 6.05. The average Bonchev–Trinajstić information content (AvgIpc) is 2.68. The largest absolute Gasteiger partial charge is 0.445 e. The number of nitrogens with one attached hydrogen (secondary N) is 2. The van der Waals surface area contributed by atoms with E-state index in [0.717, 1.165) is 5.56 Å². The summed E-state index contributed by atoms with van der Waals surface area (Å²) in [6.45, 7) is 10.4. The van der Waals surface area contributed by atoms with Crippen molar-refractivity contribution in [2.45, 2.75) is 66.7 Å². The Labute approximate surface area is 178 Å². The van der Waals surface area contributed by atoms with E-state index in [2.05, 4.69) is 10.6 Å². The van der Waals surface area contributed by atoms with Crippen molar-refractivity contribution in [3.63, 3.8) is 0 Å². The number of hydrogen-bond acceptors (Lipinski definition) is 5. The Morgan fingerprint density at radius 3 is 2.03 bits per heavy atom. The Hall–Kier alpha value is -2.70. The summed E-state index contributed by atoms with van der Waals surface area (Å²) in [5.74, 6) is -2.14. The minimum atomic E-state index is -1.01. The van der Waals surface area contributed by atoms with Crippen molar-refractivity contribution >= 4 is 23.6 Å². The number of ketones is 2. The number of rotatable bonds is 11. The Balaban J connectivity index is 2.73. The first-order chi connectivity index (χ1) is 14.0. The molecule has 0 aliphatic heterocycles. The van der Waals surface area contributed by atoms with Crippen molar-refractivity contribution in [3.05, 3.63) is 35.9 Å². The molecule has 2 N–H and O–H groups in total. The second kappa shape index (κ2) is 12.1.